The van der Waals surface area contributed by atoms with Crippen molar-refractivity contribution in [2.45, 2.75) is 20.0 Å². The van der Waals surface area contributed by atoms with Crippen LogP contribution in [-0.4, -0.2) is 39.6 Å². The maximum absolute atomic E-state index is 13.3. The van der Waals surface area contributed by atoms with Gasteiger partial charge in [-0.3, -0.25) is 19.7 Å². The number of hydrogen-bond acceptors (Lipinski definition) is 5. The van der Waals surface area contributed by atoms with E-state index in [-0.39, 0.29) is 36.8 Å². The minimum absolute atomic E-state index is 0.110. The van der Waals surface area contributed by atoms with Gasteiger partial charge in [0, 0.05) is 30.8 Å². The van der Waals surface area contributed by atoms with E-state index in [0.29, 0.717) is 12.3 Å². The number of hydrogen-bond donors (Lipinski definition) is 0. The Bertz CT molecular complexity index is 1120. The molecule has 0 aliphatic heterocycles. The second-order valence-corrected chi connectivity index (χ2v) is 7.53. The number of rotatable bonds is 10. The molecule has 0 spiro atoms. The minimum Gasteiger partial charge on any atom is -0.464 e. The van der Waals surface area contributed by atoms with E-state index in [1.54, 1.807) is 4.90 Å². The second kappa shape index (κ2) is 10.9. The number of benzene rings is 2. The van der Waals surface area contributed by atoms with Gasteiger partial charge in [-0.25, -0.2) is 0 Å². The first kappa shape index (κ1) is 23.5. The van der Waals surface area contributed by atoms with E-state index in [0.717, 1.165) is 11.3 Å². The molecule has 3 aromatic rings. The molecule has 0 saturated heterocycles. The summed E-state index contributed by atoms with van der Waals surface area (Å²) in [5, 5.41) is 10.9. The highest BCUT2D eigenvalue weighted by Crippen LogP contribution is 2.16. The SMILES string of the molecule is C=CCN(CC(=O)N(Cc1ccccc1)Cc1ccc(C)o1)C(=O)c1ccc([N+](=O)[O-])cc1. The largest absolute Gasteiger partial charge is 0.464 e. The van der Waals surface area contributed by atoms with Crippen molar-refractivity contribution >= 4 is 17.5 Å². The molecule has 0 radical (unpaired) electrons. The fraction of sp³-hybridized carbons (Fsp3) is 0.200. The van der Waals surface area contributed by atoms with Crippen LogP contribution >= 0.6 is 0 Å². The van der Waals surface area contributed by atoms with E-state index in [2.05, 4.69) is 6.58 Å². The summed E-state index contributed by atoms with van der Waals surface area (Å²) in [7, 11) is 0. The number of amides is 2. The number of nitro groups is 1. The molecule has 1 aromatic heterocycles. The van der Waals surface area contributed by atoms with Crippen LogP contribution in [-0.2, 0) is 17.9 Å². The zero-order valence-electron chi connectivity index (χ0n) is 18.3. The van der Waals surface area contributed by atoms with Crippen molar-refractivity contribution in [3.63, 3.8) is 0 Å². The molecule has 0 bridgehead atoms. The van der Waals surface area contributed by atoms with Crippen molar-refractivity contribution in [2.24, 2.45) is 0 Å². The summed E-state index contributed by atoms with van der Waals surface area (Å²) in [5.74, 6) is 0.726. The van der Waals surface area contributed by atoms with Crippen molar-refractivity contribution in [2.75, 3.05) is 13.1 Å². The lowest BCUT2D eigenvalue weighted by molar-refractivity contribution is -0.384. The molecule has 0 aliphatic rings. The Morgan fingerprint density at radius 2 is 1.70 bits per heavy atom. The van der Waals surface area contributed by atoms with Crippen molar-refractivity contribution < 1.29 is 18.9 Å². The lowest BCUT2D eigenvalue weighted by Gasteiger charge is -2.27. The first-order valence-corrected chi connectivity index (χ1v) is 10.4. The van der Waals surface area contributed by atoms with Crippen LogP contribution in [0.5, 0.6) is 0 Å². The predicted octanol–water partition coefficient (Wildman–Crippen LogP) is 4.35. The topological polar surface area (TPSA) is 96.9 Å². The molecule has 2 amide bonds. The number of furan rings is 1. The van der Waals surface area contributed by atoms with E-state index < -0.39 is 10.8 Å². The second-order valence-electron chi connectivity index (χ2n) is 7.53. The van der Waals surface area contributed by atoms with E-state index in [1.807, 2.05) is 49.4 Å². The molecule has 0 saturated carbocycles. The maximum Gasteiger partial charge on any atom is 0.269 e. The average Bonchev–Trinajstić information content (AvgIpc) is 3.23. The van der Waals surface area contributed by atoms with Gasteiger partial charge in [0.25, 0.3) is 11.6 Å². The summed E-state index contributed by atoms with van der Waals surface area (Å²) in [6.07, 6.45) is 1.54. The van der Waals surface area contributed by atoms with Crippen LogP contribution in [0.25, 0.3) is 0 Å². The molecule has 0 N–H and O–H groups in total. The minimum atomic E-state index is -0.531. The van der Waals surface area contributed by atoms with E-state index in [9.17, 15) is 19.7 Å². The molecule has 3 rings (SSSR count). The van der Waals surface area contributed by atoms with Gasteiger partial charge in [0.05, 0.1) is 11.5 Å². The third kappa shape index (κ3) is 6.39. The first-order chi connectivity index (χ1) is 15.9. The van der Waals surface area contributed by atoms with E-state index >= 15 is 0 Å². The Hall–Kier alpha value is -4.20. The highest BCUT2D eigenvalue weighted by Gasteiger charge is 2.23. The normalized spacial score (nSPS) is 10.5. The number of carbonyl (C=O) groups excluding carboxylic acids is 2. The van der Waals surface area contributed by atoms with E-state index in [4.69, 9.17) is 4.42 Å². The van der Waals surface area contributed by atoms with Crippen LogP contribution in [0.2, 0.25) is 0 Å². The molecule has 0 aliphatic carbocycles. The summed E-state index contributed by atoms with van der Waals surface area (Å²) in [5.41, 5.74) is 1.10. The smallest absolute Gasteiger partial charge is 0.269 e. The lowest BCUT2D eigenvalue weighted by Crippen LogP contribution is -2.42. The van der Waals surface area contributed by atoms with Crippen LogP contribution in [0.3, 0.4) is 0 Å². The molecule has 1 heterocycles. The highest BCUT2D eigenvalue weighted by atomic mass is 16.6. The zero-order chi connectivity index (χ0) is 23.8. The van der Waals surface area contributed by atoms with E-state index in [1.165, 1.54) is 35.2 Å². The molecule has 33 heavy (non-hydrogen) atoms. The predicted molar refractivity (Wildman–Crippen MR) is 123 cm³/mol. The van der Waals surface area contributed by atoms with Crippen LogP contribution in [0.1, 0.15) is 27.4 Å². The Kier molecular flexibility index (Phi) is 7.75. The number of nitrogens with zero attached hydrogens (tertiary/aromatic N) is 3. The van der Waals surface area contributed by atoms with Gasteiger partial charge in [0.15, 0.2) is 0 Å². The van der Waals surface area contributed by atoms with Gasteiger partial charge >= 0.3 is 0 Å². The van der Waals surface area contributed by atoms with Gasteiger partial charge < -0.3 is 14.2 Å². The lowest BCUT2D eigenvalue weighted by atomic mass is 10.1. The van der Waals surface area contributed by atoms with Crippen LogP contribution < -0.4 is 0 Å². The molecular weight excluding hydrogens is 422 g/mol. The molecule has 170 valence electrons. The fourth-order valence-electron chi connectivity index (χ4n) is 3.34. The maximum atomic E-state index is 13.3. The molecule has 8 nitrogen and oxygen atoms in total. The van der Waals surface area contributed by atoms with Crippen molar-refractivity contribution in [1.82, 2.24) is 9.80 Å². The van der Waals surface area contributed by atoms with Crippen molar-refractivity contribution in [3.8, 4) is 0 Å². The van der Waals surface area contributed by atoms with Gasteiger partial charge in [0.1, 0.15) is 18.1 Å². The Labute approximate surface area is 191 Å². The standard InChI is InChI=1S/C25H25N3O5/c1-3-15-26(25(30)21-10-12-22(13-11-21)28(31)32)18-24(29)27(16-20-7-5-4-6-8-20)17-23-14-9-19(2)33-23/h3-14H,1,15-18H2,2H3. The number of carbonyl (C=O) groups is 2. The van der Waals surface area contributed by atoms with Crippen molar-refractivity contribution in [1.29, 1.82) is 0 Å². The number of non-ortho nitro benzene ring substituents is 1. The quantitative estimate of drug-likeness (QED) is 0.261. The average molecular weight is 447 g/mol. The number of nitro benzene ring substituents is 1. The summed E-state index contributed by atoms with van der Waals surface area (Å²) in [6.45, 7) is 6.11. The Morgan fingerprint density at radius 3 is 2.27 bits per heavy atom. The van der Waals surface area contributed by atoms with Gasteiger partial charge in [-0.1, -0.05) is 36.4 Å². The summed E-state index contributed by atoms with van der Waals surface area (Å²) < 4.78 is 5.66. The fourth-order valence-corrected chi connectivity index (χ4v) is 3.34. The first-order valence-electron chi connectivity index (χ1n) is 10.4. The molecule has 0 atom stereocenters. The summed E-state index contributed by atoms with van der Waals surface area (Å²) >= 11 is 0. The van der Waals surface area contributed by atoms with Gasteiger partial charge in [0.2, 0.25) is 5.91 Å². The Morgan fingerprint density at radius 1 is 1.00 bits per heavy atom. The molecule has 8 heteroatoms. The molecule has 0 unspecified atom stereocenters. The third-order valence-electron chi connectivity index (χ3n) is 5.00. The van der Waals surface area contributed by atoms with Crippen LogP contribution in [0.4, 0.5) is 5.69 Å². The zero-order valence-corrected chi connectivity index (χ0v) is 18.3. The van der Waals surface area contributed by atoms with Crippen molar-refractivity contribution in [3.05, 3.63) is 112 Å². The molecule has 0 fully saturated rings. The van der Waals surface area contributed by atoms with Crippen LogP contribution in [0, 0.1) is 17.0 Å². The van der Waals surface area contributed by atoms with Gasteiger partial charge in [-0.2, -0.15) is 0 Å². The van der Waals surface area contributed by atoms with Gasteiger partial charge in [-0.15, -0.1) is 6.58 Å². The highest BCUT2D eigenvalue weighted by molar-refractivity contribution is 5.96. The summed E-state index contributed by atoms with van der Waals surface area (Å²) in [4.78, 5) is 39.6. The number of aryl methyl sites for hydroxylation is 1. The molecule has 2 aromatic carbocycles. The van der Waals surface area contributed by atoms with Gasteiger partial charge in [-0.05, 0) is 36.8 Å². The molecular formula is C25H25N3O5. The third-order valence-corrected chi connectivity index (χ3v) is 5.00. The van der Waals surface area contributed by atoms with Crippen LogP contribution in [0.15, 0.2) is 83.8 Å². The Balaban J connectivity index is 1.79. The summed E-state index contributed by atoms with van der Waals surface area (Å²) in [6, 6.07) is 18.5. The monoisotopic (exact) mass is 447 g/mol.